The minimum Gasteiger partial charge on any atom is -0.368 e. The topological polar surface area (TPSA) is 61.4 Å². The number of anilines is 2. The predicted octanol–water partition coefficient (Wildman–Crippen LogP) is 2.08. The van der Waals surface area contributed by atoms with E-state index in [0.717, 1.165) is 44.1 Å². The second-order valence-corrected chi connectivity index (χ2v) is 5.97. The molecule has 1 N–H and O–H groups in total. The first kappa shape index (κ1) is 17.1. The summed E-state index contributed by atoms with van der Waals surface area (Å²) < 4.78 is 13.0. The summed E-state index contributed by atoms with van der Waals surface area (Å²) >= 11 is 0. The maximum absolute atomic E-state index is 13.0. The van der Waals surface area contributed by atoms with Crippen molar-refractivity contribution in [2.75, 3.05) is 42.5 Å². The molecule has 25 heavy (non-hydrogen) atoms. The maximum atomic E-state index is 13.0. The molecule has 0 atom stereocenters. The Morgan fingerprint density at radius 3 is 2.48 bits per heavy atom. The predicted molar refractivity (Wildman–Crippen MR) is 95.5 cm³/mol. The van der Waals surface area contributed by atoms with Crippen LogP contribution in [0.25, 0.3) is 0 Å². The molecule has 0 aliphatic carbocycles. The lowest BCUT2D eigenvalue weighted by molar-refractivity contribution is 0.0948. The molecule has 6 nitrogen and oxygen atoms in total. The van der Waals surface area contributed by atoms with Crippen LogP contribution in [0.4, 0.5) is 15.9 Å². The van der Waals surface area contributed by atoms with Crippen LogP contribution in [0, 0.1) is 5.82 Å². The van der Waals surface area contributed by atoms with Gasteiger partial charge < -0.3 is 15.1 Å². The molecule has 3 rings (SSSR count). The standard InChI is InChI=1S/C18H22FN5O/c1-2-7-20-18(25)16-12-17(22-13-21-16)24-10-8-23(9-11-24)15-5-3-14(19)4-6-15/h3-6,12-13H,2,7-11H2,1H3,(H,20,25). The Hall–Kier alpha value is -2.70. The average Bonchev–Trinajstić information content (AvgIpc) is 2.67. The quantitative estimate of drug-likeness (QED) is 0.901. The van der Waals surface area contributed by atoms with Crippen LogP contribution in [-0.2, 0) is 0 Å². The zero-order chi connectivity index (χ0) is 17.6. The third kappa shape index (κ3) is 4.23. The minimum absolute atomic E-state index is 0.171. The summed E-state index contributed by atoms with van der Waals surface area (Å²) in [6.45, 7) is 5.83. The third-order valence-electron chi connectivity index (χ3n) is 4.22. The van der Waals surface area contributed by atoms with Crippen molar-refractivity contribution in [2.45, 2.75) is 13.3 Å². The van der Waals surface area contributed by atoms with E-state index in [-0.39, 0.29) is 11.7 Å². The SMILES string of the molecule is CCCNC(=O)c1cc(N2CCN(c3ccc(F)cc3)CC2)ncn1. The number of carbonyl (C=O) groups is 1. The lowest BCUT2D eigenvalue weighted by Crippen LogP contribution is -2.47. The van der Waals surface area contributed by atoms with Gasteiger partial charge in [-0.2, -0.15) is 0 Å². The molecule has 0 radical (unpaired) electrons. The number of nitrogens with zero attached hydrogens (tertiary/aromatic N) is 4. The van der Waals surface area contributed by atoms with Crippen molar-refractivity contribution >= 4 is 17.4 Å². The van der Waals surface area contributed by atoms with Crippen LogP contribution in [0.3, 0.4) is 0 Å². The van der Waals surface area contributed by atoms with Gasteiger partial charge in [0, 0.05) is 44.5 Å². The molecule has 132 valence electrons. The van der Waals surface area contributed by atoms with Crippen LogP contribution in [-0.4, -0.2) is 48.6 Å². The van der Waals surface area contributed by atoms with Gasteiger partial charge in [-0.15, -0.1) is 0 Å². The number of hydrogen-bond donors (Lipinski definition) is 1. The summed E-state index contributed by atoms with van der Waals surface area (Å²) in [4.78, 5) is 24.8. The second-order valence-electron chi connectivity index (χ2n) is 5.97. The molecule has 2 heterocycles. The average molecular weight is 343 g/mol. The van der Waals surface area contributed by atoms with E-state index in [9.17, 15) is 9.18 Å². The van der Waals surface area contributed by atoms with Crippen molar-refractivity contribution in [3.8, 4) is 0 Å². The molecule has 0 spiro atoms. The van der Waals surface area contributed by atoms with Gasteiger partial charge in [-0.25, -0.2) is 14.4 Å². The molecule has 1 aliphatic rings. The second kappa shape index (κ2) is 7.92. The number of nitrogens with one attached hydrogen (secondary N) is 1. The first-order valence-electron chi connectivity index (χ1n) is 8.53. The summed E-state index contributed by atoms with van der Waals surface area (Å²) in [7, 11) is 0. The van der Waals surface area contributed by atoms with Crippen LogP contribution >= 0.6 is 0 Å². The Labute approximate surface area is 146 Å². The molecule has 1 aromatic carbocycles. The Morgan fingerprint density at radius 2 is 1.80 bits per heavy atom. The first-order valence-corrected chi connectivity index (χ1v) is 8.53. The monoisotopic (exact) mass is 343 g/mol. The van der Waals surface area contributed by atoms with Gasteiger partial charge in [0.1, 0.15) is 23.7 Å². The van der Waals surface area contributed by atoms with Crippen molar-refractivity contribution in [3.63, 3.8) is 0 Å². The molecule has 7 heteroatoms. The molecule has 0 bridgehead atoms. The number of carbonyl (C=O) groups excluding carboxylic acids is 1. The fraction of sp³-hybridized carbons (Fsp3) is 0.389. The fourth-order valence-electron chi connectivity index (χ4n) is 2.82. The number of hydrogen-bond acceptors (Lipinski definition) is 5. The Kier molecular flexibility index (Phi) is 5.42. The molecular weight excluding hydrogens is 321 g/mol. The molecular formula is C18H22FN5O. The van der Waals surface area contributed by atoms with Gasteiger partial charge in [0.2, 0.25) is 0 Å². The van der Waals surface area contributed by atoms with Gasteiger partial charge in [-0.05, 0) is 30.7 Å². The molecule has 1 fully saturated rings. The van der Waals surface area contributed by atoms with Gasteiger partial charge in [-0.1, -0.05) is 6.92 Å². The zero-order valence-corrected chi connectivity index (χ0v) is 14.3. The largest absolute Gasteiger partial charge is 0.368 e. The van der Waals surface area contributed by atoms with E-state index in [2.05, 4.69) is 25.1 Å². The molecule has 1 aromatic heterocycles. The number of rotatable bonds is 5. The van der Waals surface area contributed by atoms with Crippen molar-refractivity contribution in [2.24, 2.45) is 0 Å². The lowest BCUT2D eigenvalue weighted by Gasteiger charge is -2.36. The number of aromatic nitrogens is 2. The van der Waals surface area contributed by atoms with E-state index in [1.807, 2.05) is 6.92 Å². The Morgan fingerprint density at radius 1 is 1.12 bits per heavy atom. The fourth-order valence-corrected chi connectivity index (χ4v) is 2.82. The van der Waals surface area contributed by atoms with Crippen LogP contribution in [0.1, 0.15) is 23.8 Å². The number of halogens is 1. The summed E-state index contributed by atoms with van der Waals surface area (Å²) in [6, 6.07) is 8.29. The Bertz CT molecular complexity index is 714. The molecule has 0 saturated carbocycles. The smallest absolute Gasteiger partial charge is 0.270 e. The van der Waals surface area contributed by atoms with E-state index in [0.29, 0.717) is 12.2 Å². The van der Waals surface area contributed by atoms with Crippen molar-refractivity contribution in [1.82, 2.24) is 15.3 Å². The highest BCUT2D eigenvalue weighted by Crippen LogP contribution is 2.19. The zero-order valence-electron chi connectivity index (χ0n) is 14.3. The summed E-state index contributed by atoms with van der Waals surface area (Å²) in [6.07, 6.45) is 2.32. The van der Waals surface area contributed by atoms with Crippen molar-refractivity contribution in [3.05, 3.63) is 48.2 Å². The third-order valence-corrected chi connectivity index (χ3v) is 4.22. The maximum Gasteiger partial charge on any atom is 0.270 e. The highest BCUT2D eigenvalue weighted by molar-refractivity contribution is 5.92. The Balaban J connectivity index is 1.62. The van der Waals surface area contributed by atoms with Gasteiger partial charge in [-0.3, -0.25) is 4.79 Å². The normalized spacial score (nSPS) is 14.5. The molecule has 0 unspecified atom stereocenters. The summed E-state index contributed by atoms with van der Waals surface area (Å²) in [5.41, 5.74) is 1.41. The van der Waals surface area contributed by atoms with Crippen LogP contribution in [0.5, 0.6) is 0 Å². The molecule has 1 aliphatic heterocycles. The molecule has 1 saturated heterocycles. The summed E-state index contributed by atoms with van der Waals surface area (Å²) in [5.74, 6) is 0.364. The van der Waals surface area contributed by atoms with E-state index >= 15 is 0 Å². The minimum atomic E-state index is -0.225. The number of benzene rings is 1. The van der Waals surface area contributed by atoms with E-state index in [1.165, 1.54) is 18.5 Å². The van der Waals surface area contributed by atoms with E-state index in [1.54, 1.807) is 18.2 Å². The van der Waals surface area contributed by atoms with Gasteiger partial charge in [0.15, 0.2) is 0 Å². The van der Waals surface area contributed by atoms with Gasteiger partial charge in [0.05, 0.1) is 0 Å². The highest BCUT2D eigenvalue weighted by atomic mass is 19.1. The van der Waals surface area contributed by atoms with Crippen molar-refractivity contribution in [1.29, 1.82) is 0 Å². The van der Waals surface area contributed by atoms with Crippen LogP contribution in [0.2, 0.25) is 0 Å². The van der Waals surface area contributed by atoms with Crippen LogP contribution in [0.15, 0.2) is 36.7 Å². The first-order chi connectivity index (χ1) is 12.2. The van der Waals surface area contributed by atoms with Crippen molar-refractivity contribution < 1.29 is 9.18 Å². The number of piperazine rings is 1. The van der Waals surface area contributed by atoms with E-state index in [4.69, 9.17) is 0 Å². The van der Waals surface area contributed by atoms with E-state index < -0.39 is 0 Å². The van der Waals surface area contributed by atoms with Gasteiger partial charge >= 0.3 is 0 Å². The molecule has 2 aromatic rings. The lowest BCUT2D eigenvalue weighted by atomic mass is 10.2. The summed E-state index contributed by atoms with van der Waals surface area (Å²) in [5, 5.41) is 2.83. The van der Waals surface area contributed by atoms with Gasteiger partial charge in [0.25, 0.3) is 5.91 Å². The number of amides is 1. The highest BCUT2D eigenvalue weighted by Gasteiger charge is 2.19. The molecule has 1 amide bonds. The van der Waals surface area contributed by atoms with Crippen LogP contribution < -0.4 is 15.1 Å².